The number of nitrogens with zero attached hydrogens (tertiary/aromatic N) is 3. The number of amides is 1. The van der Waals surface area contributed by atoms with Gasteiger partial charge in [0.15, 0.2) is 5.82 Å². The van der Waals surface area contributed by atoms with E-state index in [-0.39, 0.29) is 5.91 Å². The lowest BCUT2D eigenvalue weighted by Crippen LogP contribution is -2.15. The molecule has 0 spiro atoms. The SMILES string of the molecule is CCC(C)c1ccccc1NC(=O)c1cnn(-c2ccc3ccccc3n2)c1C. The molecule has 1 atom stereocenters. The summed E-state index contributed by atoms with van der Waals surface area (Å²) in [4.78, 5) is 17.7. The molecule has 2 aromatic heterocycles. The molecule has 0 fully saturated rings. The lowest BCUT2D eigenvalue weighted by Gasteiger charge is -2.15. The molecule has 0 aliphatic carbocycles. The molecular weight excluding hydrogens is 360 g/mol. The number of anilines is 1. The van der Waals surface area contributed by atoms with Gasteiger partial charge in [0.05, 0.1) is 23.0 Å². The molecular formula is C24H24N4O. The Morgan fingerprint density at radius 2 is 1.83 bits per heavy atom. The number of fused-ring (bicyclic) bond motifs is 1. The molecule has 1 unspecified atom stereocenters. The number of aromatic nitrogens is 3. The van der Waals surface area contributed by atoms with E-state index in [0.29, 0.717) is 17.3 Å². The summed E-state index contributed by atoms with van der Waals surface area (Å²) in [5.41, 5.74) is 4.19. The topological polar surface area (TPSA) is 59.8 Å². The third-order valence-corrected chi connectivity index (χ3v) is 5.41. The zero-order chi connectivity index (χ0) is 20.4. The van der Waals surface area contributed by atoms with Crippen molar-refractivity contribution >= 4 is 22.5 Å². The highest BCUT2D eigenvalue weighted by Gasteiger charge is 2.18. The van der Waals surface area contributed by atoms with Crippen molar-refractivity contribution in [2.75, 3.05) is 5.32 Å². The highest BCUT2D eigenvalue weighted by molar-refractivity contribution is 6.05. The van der Waals surface area contributed by atoms with Crippen LogP contribution in [0.25, 0.3) is 16.7 Å². The van der Waals surface area contributed by atoms with Gasteiger partial charge in [-0.25, -0.2) is 9.67 Å². The fourth-order valence-electron chi connectivity index (χ4n) is 3.49. The van der Waals surface area contributed by atoms with Crippen LogP contribution in [0.15, 0.2) is 66.9 Å². The number of carbonyl (C=O) groups excluding carboxylic acids is 1. The van der Waals surface area contributed by atoms with Gasteiger partial charge in [0.2, 0.25) is 0 Å². The average Bonchev–Trinajstić information content (AvgIpc) is 3.14. The molecule has 0 saturated carbocycles. The van der Waals surface area contributed by atoms with Gasteiger partial charge in [-0.1, -0.05) is 50.2 Å². The van der Waals surface area contributed by atoms with Crippen LogP contribution in [-0.2, 0) is 0 Å². The largest absolute Gasteiger partial charge is 0.322 e. The van der Waals surface area contributed by atoms with Crippen LogP contribution in [0.4, 0.5) is 5.69 Å². The molecule has 1 amide bonds. The van der Waals surface area contributed by atoms with Crippen LogP contribution in [0.5, 0.6) is 0 Å². The summed E-state index contributed by atoms with van der Waals surface area (Å²) in [5, 5.41) is 8.56. The quantitative estimate of drug-likeness (QED) is 0.495. The highest BCUT2D eigenvalue weighted by atomic mass is 16.1. The molecule has 2 heterocycles. The van der Waals surface area contributed by atoms with E-state index in [1.165, 1.54) is 0 Å². The number of nitrogens with one attached hydrogen (secondary N) is 1. The van der Waals surface area contributed by atoms with Crippen LogP contribution in [-0.4, -0.2) is 20.7 Å². The predicted octanol–water partition coefficient (Wildman–Crippen LogP) is 5.49. The first-order valence-electron chi connectivity index (χ1n) is 9.89. The number of rotatable bonds is 5. The minimum atomic E-state index is -0.162. The van der Waals surface area contributed by atoms with E-state index in [1.807, 2.05) is 61.5 Å². The molecule has 1 N–H and O–H groups in total. The number of para-hydroxylation sites is 2. The third-order valence-electron chi connectivity index (χ3n) is 5.41. The first kappa shape index (κ1) is 18.9. The predicted molar refractivity (Wildman–Crippen MR) is 117 cm³/mol. The van der Waals surface area contributed by atoms with Crippen molar-refractivity contribution in [3.05, 3.63) is 83.7 Å². The van der Waals surface area contributed by atoms with Crippen molar-refractivity contribution in [3.8, 4) is 5.82 Å². The number of hydrogen-bond acceptors (Lipinski definition) is 3. The Kier molecular flexibility index (Phi) is 5.12. The standard InChI is InChI=1S/C24H24N4O/c1-4-16(2)19-10-6-8-12-22(19)27-24(29)20-15-25-28(17(20)3)23-14-13-18-9-5-7-11-21(18)26-23/h5-16H,4H2,1-3H3,(H,27,29). The van der Waals surface area contributed by atoms with E-state index in [2.05, 4.69) is 35.3 Å². The Bertz CT molecular complexity index is 1180. The van der Waals surface area contributed by atoms with Crippen molar-refractivity contribution < 1.29 is 4.79 Å². The van der Waals surface area contributed by atoms with Crippen LogP contribution in [0.1, 0.15) is 47.8 Å². The summed E-state index contributed by atoms with van der Waals surface area (Å²) in [6, 6.07) is 19.8. The van der Waals surface area contributed by atoms with Crippen LogP contribution in [0.3, 0.4) is 0 Å². The molecule has 5 heteroatoms. The van der Waals surface area contributed by atoms with Crippen LogP contribution in [0, 0.1) is 6.92 Å². The van der Waals surface area contributed by atoms with Crippen molar-refractivity contribution in [1.29, 1.82) is 0 Å². The molecule has 29 heavy (non-hydrogen) atoms. The highest BCUT2D eigenvalue weighted by Crippen LogP contribution is 2.27. The van der Waals surface area contributed by atoms with Crippen molar-refractivity contribution in [3.63, 3.8) is 0 Å². The molecule has 4 aromatic rings. The number of hydrogen-bond donors (Lipinski definition) is 1. The molecule has 0 saturated heterocycles. The van der Waals surface area contributed by atoms with Crippen LogP contribution in [0.2, 0.25) is 0 Å². The smallest absolute Gasteiger partial charge is 0.259 e. The monoisotopic (exact) mass is 384 g/mol. The van der Waals surface area contributed by atoms with Gasteiger partial charge in [-0.2, -0.15) is 5.10 Å². The van der Waals surface area contributed by atoms with E-state index in [1.54, 1.807) is 10.9 Å². The zero-order valence-corrected chi connectivity index (χ0v) is 16.9. The molecule has 4 rings (SSSR count). The van der Waals surface area contributed by atoms with E-state index < -0.39 is 0 Å². The molecule has 5 nitrogen and oxygen atoms in total. The van der Waals surface area contributed by atoms with E-state index in [4.69, 9.17) is 0 Å². The Morgan fingerprint density at radius 1 is 1.07 bits per heavy atom. The summed E-state index contributed by atoms with van der Waals surface area (Å²) in [6.45, 7) is 6.20. The van der Waals surface area contributed by atoms with Crippen molar-refractivity contribution in [1.82, 2.24) is 14.8 Å². The molecule has 0 aliphatic heterocycles. The van der Waals surface area contributed by atoms with Gasteiger partial charge < -0.3 is 5.32 Å². The second-order valence-electron chi connectivity index (χ2n) is 7.27. The van der Waals surface area contributed by atoms with Gasteiger partial charge in [-0.05, 0) is 49.1 Å². The van der Waals surface area contributed by atoms with E-state index in [0.717, 1.165) is 34.3 Å². The maximum Gasteiger partial charge on any atom is 0.259 e. The average molecular weight is 384 g/mol. The molecule has 0 radical (unpaired) electrons. The Hall–Kier alpha value is -3.47. The number of benzene rings is 2. The van der Waals surface area contributed by atoms with Crippen molar-refractivity contribution in [2.24, 2.45) is 0 Å². The fourth-order valence-corrected chi connectivity index (χ4v) is 3.49. The number of carbonyl (C=O) groups is 1. The summed E-state index contributed by atoms with van der Waals surface area (Å²) in [7, 11) is 0. The van der Waals surface area contributed by atoms with Gasteiger partial charge in [0.1, 0.15) is 0 Å². The maximum atomic E-state index is 13.0. The zero-order valence-electron chi connectivity index (χ0n) is 16.9. The van der Waals surface area contributed by atoms with Gasteiger partial charge in [0.25, 0.3) is 5.91 Å². The second-order valence-corrected chi connectivity index (χ2v) is 7.27. The normalized spacial score (nSPS) is 12.1. The first-order chi connectivity index (χ1) is 14.1. The molecule has 0 bridgehead atoms. The third kappa shape index (κ3) is 3.63. The minimum Gasteiger partial charge on any atom is -0.322 e. The van der Waals surface area contributed by atoms with Gasteiger partial charge in [-0.15, -0.1) is 0 Å². The lowest BCUT2D eigenvalue weighted by atomic mass is 9.97. The minimum absolute atomic E-state index is 0.162. The second kappa shape index (κ2) is 7.87. The van der Waals surface area contributed by atoms with Crippen molar-refractivity contribution in [2.45, 2.75) is 33.1 Å². The summed E-state index contributed by atoms with van der Waals surface area (Å²) in [5.74, 6) is 0.905. The first-order valence-corrected chi connectivity index (χ1v) is 9.89. The van der Waals surface area contributed by atoms with E-state index in [9.17, 15) is 4.79 Å². The van der Waals surface area contributed by atoms with Gasteiger partial charge in [0, 0.05) is 11.1 Å². The summed E-state index contributed by atoms with van der Waals surface area (Å²) in [6.07, 6.45) is 2.62. The Labute approximate surface area is 170 Å². The summed E-state index contributed by atoms with van der Waals surface area (Å²) >= 11 is 0. The van der Waals surface area contributed by atoms with Crippen LogP contribution < -0.4 is 5.32 Å². The number of pyridine rings is 1. The van der Waals surface area contributed by atoms with Crippen LogP contribution >= 0.6 is 0 Å². The molecule has 2 aromatic carbocycles. The fraction of sp³-hybridized carbons (Fsp3) is 0.208. The van der Waals surface area contributed by atoms with E-state index >= 15 is 0 Å². The molecule has 0 aliphatic rings. The van der Waals surface area contributed by atoms with Gasteiger partial charge in [-0.3, -0.25) is 4.79 Å². The Balaban J connectivity index is 1.64. The molecule has 146 valence electrons. The maximum absolute atomic E-state index is 13.0. The van der Waals surface area contributed by atoms with Gasteiger partial charge >= 0.3 is 0 Å². The summed E-state index contributed by atoms with van der Waals surface area (Å²) < 4.78 is 1.71. The Morgan fingerprint density at radius 3 is 2.66 bits per heavy atom. The lowest BCUT2D eigenvalue weighted by molar-refractivity contribution is 0.102.